The number of rotatable bonds is 7. The second kappa shape index (κ2) is 8.57. The number of nitrogens with one attached hydrogen (secondary N) is 1. The summed E-state index contributed by atoms with van der Waals surface area (Å²) in [6, 6.07) is 21.6. The molecule has 0 amide bonds. The third kappa shape index (κ3) is 5.57. The lowest BCUT2D eigenvalue weighted by Crippen LogP contribution is -2.23. The number of ether oxygens (including phenoxy) is 1. The van der Waals surface area contributed by atoms with Crippen LogP contribution in [0.5, 0.6) is 5.75 Å². The highest BCUT2D eigenvalue weighted by Gasteiger charge is 2.13. The summed E-state index contributed by atoms with van der Waals surface area (Å²) in [7, 11) is -3.55. The van der Waals surface area contributed by atoms with Gasteiger partial charge in [-0.3, -0.25) is 0 Å². The van der Waals surface area contributed by atoms with E-state index in [1.54, 1.807) is 24.3 Å². The van der Waals surface area contributed by atoms with Crippen LogP contribution in [-0.4, -0.2) is 8.42 Å². The Morgan fingerprint density at radius 1 is 0.926 bits per heavy atom. The molecule has 0 aliphatic rings. The summed E-state index contributed by atoms with van der Waals surface area (Å²) in [6.45, 7) is 2.52. The Balaban J connectivity index is 1.61. The lowest BCUT2D eigenvalue weighted by molar-refractivity contribution is 0.306. The van der Waals surface area contributed by atoms with Crippen LogP contribution in [0.15, 0.2) is 77.7 Å². The molecule has 4 nitrogen and oxygen atoms in total. The van der Waals surface area contributed by atoms with E-state index in [2.05, 4.69) is 4.72 Å². The van der Waals surface area contributed by atoms with Gasteiger partial charge in [-0.25, -0.2) is 13.1 Å². The first kappa shape index (κ1) is 19.4. The molecule has 3 aromatic rings. The summed E-state index contributed by atoms with van der Waals surface area (Å²) in [5.74, 6) is 0.678. The van der Waals surface area contributed by atoms with E-state index in [4.69, 9.17) is 16.3 Å². The molecule has 0 unspecified atom stereocenters. The topological polar surface area (TPSA) is 55.4 Å². The first-order chi connectivity index (χ1) is 12.9. The van der Waals surface area contributed by atoms with Gasteiger partial charge in [0.05, 0.1) is 4.90 Å². The summed E-state index contributed by atoms with van der Waals surface area (Å²) in [5, 5.41) is 0.682. The lowest BCUT2D eigenvalue weighted by atomic mass is 10.2. The van der Waals surface area contributed by atoms with Crippen LogP contribution in [0.25, 0.3) is 0 Å². The van der Waals surface area contributed by atoms with E-state index in [0.29, 0.717) is 17.4 Å². The van der Waals surface area contributed by atoms with Gasteiger partial charge in [-0.05, 0) is 54.4 Å². The minimum atomic E-state index is -3.55. The smallest absolute Gasteiger partial charge is 0.240 e. The van der Waals surface area contributed by atoms with Gasteiger partial charge in [0, 0.05) is 11.6 Å². The molecule has 3 aromatic carbocycles. The van der Waals surface area contributed by atoms with Gasteiger partial charge in [0.15, 0.2) is 0 Å². The molecule has 0 atom stereocenters. The Bertz CT molecular complexity index is 1000. The Hall–Kier alpha value is -2.34. The maximum Gasteiger partial charge on any atom is 0.240 e. The van der Waals surface area contributed by atoms with E-state index in [0.717, 1.165) is 16.7 Å². The highest BCUT2D eigenvalue weighted by molar-refractivity contribution is 7.89. The molecule has 0 saturated carbocycles. The molecular formula is C21H20ClNO3S. The molecule has 0 fully saturated rings. The summed E-state index contributed by atoms with van der Waals surface area (Å²) >= 11 is 5.88. The fourth-order valence-electron chi connectivity index (χ4n) is 2.47. The zero-order valence-electron chi connectivity index (χ0n) is 14.9. The van der Waals surface area contributed by atoms with Crippen LogP contribution in [0, 0.1) is 6.92 Å². The van der Waals surface area contributed by atoms with E-state index < -0.39 is 10.0 Å². The predicted octanol–water partition coefficient (Wildman–Crippen LogP) is 4.71. The third-order valence-electron chi connectivity index (χ3n) is 4.01. The summed E-state index contributed by atoms with van der Waals surface area (Å²) in [4.78, 5) is 0.253. The van der Waals surface area contributed by atoms with Crippen molar-refractivity contribution in [2.45, 2.75) is 25.0 Å². The highest BCUT2D eigenvalue weighted by atomic mass is 35.5. The molecule has 0 aliphatic heterocycles. The maximum absolute atomic E-state index is 12.4. The normalized spacial score (nSPS) is 11.3. The van der Waals surface area contributed by atoms with Gasteiger partial charge >= 0.3 is 0 Å². The zero-order chi connectivity index (χ0) is 19.3. The Morgan fingerprint density at radius 3 is 2.33 bits per heavy atom. The van der Waals surface area contributed by atoms with Crippen molar-refractivity contribution in [3.63, 3.8) is 0 Å². The molecule has 6 heteroatoms. The van der Waals surface area contributed by atoms with Crippen LogP contribution in [-0.2, 0) is 23.2 Å². The Kier molecular flexibility index (Phi) is 6.16. The highest BCUT2D eigenvalue weighted by Crippen LogP contribution is 2.17. The van der Waals surface area contributed by atoms with Crippen molar-refractivity contribution >= 4 is 21.6 Å². The average Bonchev–Trinajstić information content (AvgIpc) is 2.67. The molecule has 140 valence electrons. The van der Waals surface area contributed by atoms with E-state index >= 15 is 0 Å². The molecule has 3 rings (SSSR count). The summed E-state index contributed by atoms with van der Waals surface area (Å²) in [5.41, 5.74) is 2.84. The fourth-order valence-corrected chi connectivity index (χ4v) is 3.62. The van der Waals surface area contributed by atoms with Crippen molar-refractivity contribution in [2.24, 2.45) is 0 Å². The standard InChI is InChI=1S/C21H20ClNO3S/c1-16-5-11-21(12-6-16)27(24,25)23-14-18-3-2-4-20(13-18)26-15-17-7-9-19(22)10-8-17/h2-13,23H,14-15H2,1H3. The monoisotopic (exact) mass is 401 g/mol. The molecule has 1 N–H and O–H groups in total. The second-order valence-corrected chi connectivity index (χ2v) is 8.40. The minimum Gasteiger partial charge on any atom is -0.489 e. The fraction of sp³-hybridized carbons (Fsp3) is 0.143. The zero-order valence-corrected chi connectivity index (χ0v) is 16.4. The number of halogens is 1. The van der Waals surface area contributed by atoms with Gasteiger partial charge in [0.2, 0.25) is 10.0 Å². The molecule has 0 saturated heterocycles. The van der Waals surface area contributed by atoms with Gasteiger partial charge in [-0.15, -0.1) is 0 Å². The van der Waals surface area contributed by atoms with Crippen LogP contribution in [0.2, 0.25) is 5.02 Å². The average molecular weight is 402 g/mol. The number of hydrogen-bond donors (Lipinski definition) is 1. The van der Waals surface area contributed by atoms with Crippen molar-refractivity contribution in [3.05, 3.63) is 94.5 Å². The minimum absolute atomic E-state index is 0.189. The molecule has 0 bridgehead atoms. The maximum atomic E-state index is 12.4. The summed E-state index contributed by atoms with van der Waals surface area (Å²) < 4.78 is 33.2. The van der Waals surface area contributed by atoms with E-state index in [9.17, 15) is 8.42 Å². The third-order valence-corrected chi connectivity index (χ3v) is 5.68. The van der Waals surface area contributed by atoms with Crippen molar-refractivity contribution < 1.29 is 13.2 Å². The van der Waals surface area contributed by atoms with Crippen LogP contribution in [0.3, 0.4) is 0 Å². The first-order valence-electron chi connectivity index (χ1n) is 8.45. The Labute approximate surface area is 164 Å². The number of hydrogen-bond acceptors (Lipinski definition) is 3. The van der Waals surface area contributed by atoms with Gasteiger partial charge < -0.3 is 4.74 Å². The largest absolute Gasteiger partial charge is 0.489 e. The molecule has 0 radical (unpaired) electrons. The van der Waals surface area contributed by atoms with Crippen LogP contribution < -0.4 is 9.46 Å². The van der Waals surface area contributed by atoms with Crippen LogP contribution in [0.1, 0.15) is 16.7 Å². The van der Waals surface area contributed by atoms with Gasteiger partial charge in [0.25, 0.3) is 0 Å². The molecular weight excluding hydrogens is 382 g/mol. The quantitative estimate of drug-likeness (QED) is 0.624. The molecule has 27 heavy (non-hydrogen) atoms. The molecule has 0 spiro atoms. The Morgan fingerprint density at radius 2 is 1.63 bits per heavy atom. The van der Waals surface area contributed by atoms with Gasteiger partial charge in [-0.1, -0.05) is 53.6 Å². The molecule has 0 aliphatic carbocycles. The van der Waals surface area contributed by atoms with Crippen molar-refractivity contribution in [1.29, 1.82) is 0 Å². The van der Waals surface area contributed by atoms with Crippen molar-refractivity contribution in [1.82, 2.24) is 4.72 Å². The van der Waals surface area contributed by atoms with Crippen LogP contribution >= 0.6 is 11.6 Å². The van der Waals surface area contributed by atoms with Crippen LogP contribution in [0.4, 0.5) is 0 Å². The number of sulfonamides is 1. The molecule has 0 aromatic heterocycles. The van der Waals surface area contributed by atoms with Crippen molar-refractivity contribution in [2.75, 3.05) is 0 Å². The van der Waals surface area contributed by atoms with Gasteiger partial charge in [-0.2, -0.15) is 0 Å². The van der Waals surface area contributed by atoms with E-state index in [1.807, 2.05) is 55.5 Å². The van der Waals surface area contributed by atoms with E-state index in [1.165, 1.54) is 0 Å². The van der Waals surface area contributed by atoms with E-state index in [-0.39, 0.29) is 11.4 Å². The van der Waals surface area contributed by atoms with Gasteiger partial charge in [0.1, 0.15) is 12.4 Å². The predicted molar refractivity (Wildman–Crippen MR) is 107 cm³/mol. The lowest BCUT2D eigenvalue weighted by Gasteiger charge is -2.10. The summed E-state index contributed by atoms with van der Waals surface area (Å²) in [6.07, 6.45) is 0. The molecule has 0 heterocycles. The number of benzene rings is 3. The first-order valence-corrected chi connectivity index (χ1v) is 10.3. The SMILES string of the molecule is Cc1ccc(S(=O)(=O)NCc2cccc(OCc3ccc(Cl)cc3)c2)cc1. The van der Waals surface area contributed by atoms with Crippen molar-refractivity contribution in [3.8, 4) is 5.75 Å². The second-order valence-electron chi connectivity index (χ2n) is 6.20. The number of aryl methyl sites for hydroxylation is 1.